The van der Waals surface area contributed by atoms with E-state index in [2.05, 4.69) is 16.3 Å². The molecule has 3 fully saturated rings. The van der Waals surface area contributed by atoms with Gasteiger partial charge in [0.15, 0.2) is 0 Å². The fourth-order valence-corrected chi connectivity index (χ4v) is 4.52. The molecule has 1 aromatic carbocycles. The number of hydrogen-bond acceptors (Lipinski definition) is 4. The highest BCUT2D eigenvalue weighted by molar-refractivity contribution is 7.07. The van der Waals surface area contributed by atoms with E-state index in [4.69, 9.17) is 4.74 Å². The predicted molar refractivity (Wildman–Crippen MR) is 101 cm³/mol. The van der Waals surface area contributed by atoms with Crippen LogP contribution in [0.2, 0.25) is 0 Å². The lowest BCUT2D eigenvalue weighted by molar-refractivity contribution is -0.0311. The van der Waals surface area contributed by atoms with Crippen LogP contribution in [0.5, 0.6) is 0 Å². The molecule has 1 unspecified atom stereocenters. The van der Waals surface area contributed by atoms with Crippen molar-refractivity contribution in [2.45, 2.75) is 32.4 Å². The van der Waals surface area contributed by atoms with Crippen LogP contribution >= 0.6 is 11.3 Å². The first-order valence-electron chi connectivity index (χ1n) is 8.97. The molecule has 5 rings (SSSR count). The molecule has 132 valence electrons. The molecule has 1 atom stereocenters. The molecule has 0 aliphatic carbocycles. The van der Waals surface area contributed by atoms with Crippen LogP contribution in [0.3, 0.4) is 0 Å². The van der Waals surface area contributed by atoms with Gasteiger partial charge in [0, 0.05) is 12.2 Å². The molecule has 0 radical (unpaired) electrons. The molecule has 0 saturated carbocycles. The molecular formula is C20H24N2O2S. The van der Waals surface area contributed by atoms with Gasteiger partial charge in [0.05, 0.1) is 6.54 Å². The quantitative estimate of drug-likeness (QED) is 0.819. The second-order valence-corrected chi connectivity index (χ2v) is 7.90. The third kappa shape index (κ3) is 3.72. The number of aryl methyl sites for hydroxylation is 1. The number of benzene rings is 1. The van der Waals surface area contributed by atoms with Gasteiger partial charge < -0.3 is 4.74 Å². The van der Waals surface area contributed by atoms with Crippen LogP contribution in [0.1, 0.15) is 24.0 Å². The van der Waals surface area contributed by atoms with Gasteiger partial charge >= 0.3 is 6.09 Å². The summed E-state index contributed by atoms with van der Waals surface area (Å²) in [5, 5.41) is 4.13. The zero-order valence-electron chi connectivity index (χ0n) is 14.6. The van der Waals surface area contributed by atoms with Crippen LogP contribution in [0.15, 0.2) is 41.1 Å². The van der Waals surface area contributed by atoms with Gasteiger partial charge in [-0.3, -0.25) is 9.80 Å². The van der Waals surface area contributed by atoms with Crippen molar-refractivity contribution < 1.29 is 9.53 Å². The van der Waals surface area contributed by atoms with E-state index >= 15 is 0 Å². The van der Waals surface area contributed by atoms with Crippen LogP contribution in [0.4, 0.5) is 10.5 Å². The molecule has 5 heteroatoms. The summed E-state index contributed by atoms with van der Waals surface area (Å²) in [5.74, 6) is 0.523. The number of fused-ring (bicyclic) bond motifs is 3. The first-order valence-corrected chi connectivity index (χ1v) is 9.91. The Morgan fingerprint density at radius 2 is 2.16 bits per heavy atom. The van der Waals surface area contributed by atoms with Gasteiger partial charge in [0.2, 0.25) is 0 Å². The number of ether oxygens (including phenoxy) is 1. The Labute approximate surface area is 153 Å². The van der Waals surface area contributed by atoms with Crippen molar-refractivity contribution >= 4 is 23.1 Å². The molecule has 4 heterocycles. The maximum atomic E-state index is 13.0. The third-order valence-electron chi connectivity index (χ3n) is 5.30. The lowest BCUT2D eigenvalue weighted by Gasteiger charge is -2.44. The van der Waals surface area contributed by atoms with E-state index in [1.807, 2.05) is 36.6 Å². The highest BCUT2D eigenvalue weighted by Crippen LogP contribution is 2.31. The average Bonchev–Trinajstić information content (AvgIpc) is 3.14. The van der Waals surface area contributed by atoms with E-state index in [1.54, 1.807) is 16.2 Å². The highest BCUT2D eigenvalue weighted by Gasteiger charge is 2.37. The summed E-state index contributed by atoms with van der Waals surface area (Å²) in [4.78, 5) is 17.2. The smallest absolute Gasteiger partial charge is 0.414 e. The van der Waals surface area contributed by atoms with Gasteiger partial charge in [0.25, 0.3) is 0 Å². The number of carbonyl (C=O) groups excluding carboxylic acids is 1. The van der Waals surface area contributed by atoms with E-state index in [9.17, 15) is 4.79 Å². The molecule has 2 bridgehead atoms. The van der Waals surface area contributed by atoms with Crippen molar-refractivity contribution in [3.63, 3.8) is 0 Å². The van der Waals surface area contributed by atoms with Gasteiger partial charge in [-0.25, -0.2) is 4.79 Å². The Morgan fingerprint density at radius 1 is 1.32 bits per heavy atom. The zero-order chi connectivity index (χ0) is 17.2. The molecule has 2 aromatic rings. The summed E-state index contributed by atoms with van der Waals surface area (Å²) in [5.41, 5.74) is 3.18. The maximum Gasteiger partial charge on any atom is 0.414 e. The number of piperidine rings is 3. The van der Waals surface area contributed by atoms with E-state index in [0.29, 0.717) is 12.5 Å². The van der Waals surface area contributed by atoms with Crippen molar-refractivity contribution in [1.29, 1.82) is 0 Å². The van der Waals surface area contributed by atoms with Crippen molar-refractivity contribution in [3.05, 3.63) is 52.2 Å². The van der Waals surface area contributed by atoms with Crippen LogP contribution < -0.4 is 4.90 Å². The average molecular weight is 356 g/mol. The minimum Gasteiger partial charge on any atom is -0.444 e. The molecule has 3 aliphatic rings. The second kappa shape index (κ2) is 7.18. The van der Waals surface area contributed by atoms with Crippen LogP contribution in [0.25, 0.3) is 0 Å². The summed E-state index contributed by atoms with van der Waals surface area (Å²) in [6.45, 7) is 5.78. The maximum absolute atomic E-state index is 13.0. The fraction of sp³-hybridized carbons (Fsp3) is 0.450. The molecule has 4 nitrogen and oxygen atoms in total. The summed E-state index contributed by atoms with van der Waals surface area (Å²) in [7, 11) is 0. The molecule has 1 amide bonds. The van der Waals surface area contributed by atoms with Crippen molar-refractivity contribution in [3.8, 4) is 0 Å². The predicted octanol–water partition coefficient (Wildman–Crippen LogP) is 4.29. The first-order chi connectivity index (χ1) is 12.2. The number of nitrogens with zero attached hydrogens (tertiary/aromatic N) is 2. The SMILES string of the molecule is Cc1cccc(N(Cc2ccsc2)C(=O)OC2CN3CCC2CC3)c1. The Balaban J connectivity index is 1.53. The number of thiophene rings is 1. The summed E-state index contributed by atoms with van der Waals surface area (Å²) >= 11 is 1.65. The van der Waals surface area contributed by atoms with E-state index in [-0.39, 0.29) is 12.2 Å². The Morgan fingerprint density at radius 3 is 2.80 bits per heavy atom. The summed E-state index contributed by atoms with van der Waals surface area (Å²) < 4.78 is 5.98. The molecule has 3 saturated heterocycles. The minimum absolute atomic E-state index is 0.0322. The Hall–Kier alpha value is -1.85. The van der Waals surface area contributed by atoms with E-state index < -0.39 is 0 Å². The number of amides is 1. The lowest BCUT2D eigenvalue weighted by atomic mass is 9.86. The molecular weight excluding hydrogens is 332 g/mol. The molecule has 0 spiro atoms. The third-order valence-corrected chi connectivity index (χ3v) is 6.03. The van der Waals surface area contributed by atoms with Gasteiger partial charge in [0.1, 0.15) is 6.10 Å². The zero-order valence-corrected chi connectivity index (χ0v) is 15.4. The monoisotopic (exact) mass is 356 g/mol. The van der Waals surface area contributed by atoms with Crippen LogP contribution in [0, 0.1) is 12.8 Å². The largest absolute Gasteiger partial charge is 0.444 e. The highest BCUT2D eigenvalue weighted by atomic mass is 32.1. The fourth-order valence-electron chi connectivity index (χ4n) is 3.86. The number of hydrogen-bond donors (Lipinski definition) is 0. The first kappa shape index (κ1) is 16.6. The van der Waals surface area contributed by atoms with Gasteiger partial charge in [-0.05, 0) is 78.9 Å². The summed E-state index contributed by atoms with van der Waals surface area (Å²) in [6, 6.07) is 10.1. The van der Waals surface area contributed by atoms with Gasteiger partial charge in [-0.15, -0.1) is 0 Å². The van der Waals surface area contributed by atoms with Crippen molar-refractivity contribution in [2.24, 2.45) is 5.92 Å². The molecule has 3 aliphatic heterocycles. The second-order valence-electron chi connectivity index (χ2n) is 7.12. The van der Waals surface area contributed by atoms with Crippen molar-refractivity contribution in [1.82, 2.24) is 4.90 Å². The lowest BCUT2D eigenvalue weighted by Crippen LogP contribution is -2.53. The Kier molecular flexibility index (Phi) is 4.77. The van der Waals surface area contributed by atoms with Crippen molar-refractivity contribution in [2.75, 3.05) is 24.5 Å². The topological polar surface area (TPSA) is 32.8 Å². The number of anilines is 1. The molecule has 25 heavy (non-hydrogen) atoms. The number of rotatable bonds is 4. The van der Waals surface area contributed by atoms with Gasteiger partial charge in [-0.1, -0.05) is 12.1 Å². The van der Waals surface area contributed by atoms with E-state index in [1.165, 1.54) is 0 Å². The standard InChI is InChI=1S/C20H24N2O2S/c1-15-3-2-4-18(11-15)22(12-16-7-10-25-14-16)20(23)24-19-13-21-8-5-17(19)6-9-21/h2-4,7,10-11,14,17,19H,5-6,8-9,12-13H2,1H3. The number of carbonyl (C=O) groups is 1. The van der Waals surface area contributed by atoms with Gasteiger partial charge in [-0.2, -0.15) is 11.3 Å². The summed E-state index contributed by atoms with van der Waals surface area (Å²) in [6.07, 6.45) is 2.10. The molecule has 1 aromatic heterocycles. The Bertz CT molecular complexity index is 723. The van der Waals surface area contributed by atoms with Crippen LogP contribution in [-0.2, 0) is 11.3 Å². The minimum atomic E-state index is -0.226. The molecule has 0 N–H and O–H groups in total. The normalized spacial score (nSPS) is 24.9. The van der Waals surface area contributed by atoms with E-state index in [0.717, 1.165) is 49.3 Å². The van der Waals surface area contributed by atoms with Crippen LogP contribution in [-0.4, -0.2) is 36.7 Å².